The molecule has 2 aromatic carbocycles. The fourth-order valence-electron chi connectivity index (χ4n) is 2.63. The number of hydrogen-bond donors (Lipinski definition) is 0. The first kappa shape index (κ1) is 16.6. The van der Waals surface area contributed by atoms with E-state index >= 15 is 0 Å². The molecule has 1 aromatic heterocycles. The molecule has 0 radical (unpaired) electrons. The second-order valence-corrected chi connectivity index (χ2v) is 5.62. The quantitative estimate of drug-likeness (QED) is 0.483. The third-order valence-electron chi connectivity index (χ3n) is 3.88. The minimum absolute atomic E-state index is 0.0508. The fraction of sp³-hybridized carbons (Fsp3) is 0.111. The number of benzene rings is 2. The molecular formula is C18H14N4O5. The molecule has 0 bridgehead atoms. The number of para-hydroxylation sites is 1. The Morgan fingerprint density at radius 3 is 2.59 bits per heavy atom. The largest absolute Gasteiger partial charge is 0.459 e. The molecular weight excluding hydrogens is 352 g/mol. The molecule has 1 aliphatic rings. The lowest BCUT2D eigenvalue weighted by Crippen LogP contribution is -2.22. The van der Waals surface area contributed by atoms with Crippen LogP contribution in [0.1, 0.15) is 5.56 Å². The van der Waals surface area contributed by atoms with Crippen molar-refractivity contribution in [1.29, 1.82) is 0 Å². The number of rotatable bonds is 6. The third-order valence-corrected chi connectivity index (χ3v) is 3.88. The van der Waals surface area contributed by atoms with Gasteiger partial charge in [0.1, 0.15) is 11.8 Å². The molecule has 0 saturated carbocycles. The maximum absolute atomic E-state index is 11.2. The van der Waals surface area contributed by atoms with E-state index in [0.29, 0.717) is 12.4 Å². The van der Waals surface area contributed by atoms with Gasteiger partial charge >= 0.3 is 6.01 Å². The summed E-state index contributed by atoms with van der Waals surface area (Å²) in [7, 11) is 0. The van der Waals surface area contributed by atoms with Crippen molar-refractivity contribution < 1.29 is 18.8 Å². The Morgan fingerprint density at radius 2 is 1.85 bits per heavy atom. The van der Waals surface area contributed by atoms with Crippen molar-refractivity contribution >= 4 is 11.7 Å². The van der Waals surface area contributed by atoms with Crippen LogP contribution in [0.5, 0.6) is 0 Å². The number of nitro groups is 1. The molecule has 9 nitrogen and oxygen atoms in total. The van der Waals surface area contributed by atoms with E-state index in [1.165, 1.54) is 12.3 Å². The van der Waals surface area contributed by atoms with Crippen LogP contribution in [0.3, 0.4) is 0 Å². The van der Waals surface area contributed by atoms with Gasteiger partial charge in [0.15, 0.2) is 0 Å². The second-order valence-electron chi connectivity index (χ2n) is 5.62. The molecule has 136 valence electrons. The van der Waals surface area contributed by atoms with Gasteiger partial charge in [-0.05, 0) is 11.6 Å². The molecule has 0 atom stereocenters. The van der Waals surface area contributed by atoms with Crippen LogP contribution < -0.4 is 4.90 Å². The fourth-order valence-corrected chi connectivity index (χ4v) is 2.63. The predicted molar refractivity (Wildman–Crippen MR) is 94.1 cm³/mol. The maximum atomic E-state index is 11.2. The van der Waals surface area contributed by atoms with Gasteiger partial charge in [-0.3, -0.25) is 15.0 Å². The van der Waals surface area contributed by atoms with Crippen LogP contribution in [0.25, 0.3) is 11.5 Å². The zero-order valence-corrected chi connectivity index (χ0v) is 14.0. The van der Waals surface area contributed by atoms with Gasteiger partial charge in [-0.25, -0.2) is 0 Å². The summed E-state index contributed by atoms with van der Waals surface area (Å²) >= 11 is 0. The summed E-state index contributed by atoms with van der Waals surface area (Å²) in [6.45, 7) is 0.486. The molecule has 4 rings (SSSR count). The van der Waals surface area contributed by atoms with Gasteiger partial charge in [-0.2, -0.15) is 0 Å². The smallest absolute Gasteiger partial charge is 0.325 e. The molecule has 3 aromatic rings. The van der Waals surface area contributed by atoms with Crippen LogP contribution in [-0.4, -0.2) is 21.9 Å². The van der Waals surface area contributed by atoms with E-state index in [9.17, 15) is 10.1 Å². The van der Waals surface area contributed by atoms with Crippen LogP contribution in [-0.2, 0) is 16.0 Å². The van der Waals surface area contributed by atoms with Crippen molar-refractivity contribution in [2.24, 2.45) is 0 Å². The number of nitro benzene ring substituents is 1. The summed E-state index contributed by atoms with van der Waals surface area (Å²) in [4.78, 5) is 12.4. The van der Waals surface area contributed by atoms with Crippen LogP contribution >= 0.6 is 0 Å². The molecule has 0 fully saturated rings. The lowest BCUT2D eigenvalue weighted by molar-refractivity contribution is -0.384. The van der Waals surface area contributed by atoms with Crippen molar-refractivity contribution in [2.75, 3.05) is 11.7 Å². The third kappa shape index (κ3) is 3.43. The second kappa shape index (κ2) is 7.16. The van der Waals surface area contributed by atoms with Crippen molar-refractivity contribution in [3.05, 3.63) is 82.4 Å². The van der Waals surface area contributed by atoms with E-state index in [4.69, 9.17) is 13.9 Å². The van der Waals surface area contributed by atoms with E-state index in [1.807, 2.05) is 30.3 Å². The zero-order chi connectivity index (χ0) is 18.6. The van der Waals surface area contributed by atoms with E-state index < -0.39 is 4.92 Å². The van der Waals surface area contributed by atoms with Gasteiger partial charge < -0.3 is 13.9 Å². The molecule has 0 aliphatic carbocycles. The van der Waals surface area contributed by atoms with Crippen molar-refractivity contribution in [1.82, 2.24) is 10.2 Å². The average molecular weight is 366 g/mol. The predicted octanol–water partition coefficient (Wildman–Crippen LogP) is 3.45. The first-order valence-corrected chi connectivity index (χ1v) is 8.06. The molecule has 1 aliphatic heterocycles. The monoisotopic (exact) mass is 366 g/mol. The Bertz CT molecular complexity index is 986. The molecule has 0 spiro atoms. The highest BCUT2D eigenvalue weighted by atomic mass is 16.7. The minimum Gasteiger partial charge on any atom is -0.459 e. The highest BCUT2D eigenvalue weighted by Crippen LogP contribution is 2.32. The average Bonchev–Trinajstić information content (AvgIpc) is 3.39. The number of ether oxygens (including phenoxy) is 2. The Hall–Kier alpha value is -3.88. The summed E-state index contributed by atoms with van der Waals surface area (Å²) in [5.74, 6) is 0.464. The first-order valence-electron chi connectivity index (χ1n) is 8.06. The summed E-state index contributed by atoms with van der Waals surface area (Å²) in [5, 5.41) is 19.3. The Balaban J connectivity index is 1.69. The number of anilines is 1. The van der Waals surface area contributed by atoms with Crippen LogP contribution in [0.4, 0.5) is 11.7 Å². The van der Waals surface area contributed by atoms with Gasteiger partial charge in [0.05, 0.1) is 11.5 Å². The van der Waals surface area contributed by atoms with Gasteiger partial charge in [0.25, 0.3) is 11.6 Å². The SMILES string of the molecule is O=[N+]([O-])c1ccccc1-c1nnc(N(Cc2ccccc2)C2=COCO2)o1. The summed E-state index contributed by atoms with van der Waals surface area (Å²) in [6, 6.07) is 16.0. The number of nitrogens with zero attached hydrogens (tertiary/aromatic N) is 4. The van der Waals surface area contributed by atoms with Crippen molar-refractivity contribution in [2.45, 2.75) is 6.54 Å². The highest BCUT2D eigenvalue weighted by Gasteiger charge is 2.26. The molecule has 0 N–H and O–H groups in total. The molecule has 0 amide bonds. The molecule has 0 unspecified atom stereocenters. The Labute approximate surface area is 153 Å². The Kier molecular flexibility index (Phi) is 4.40. The number of aromatic nitrogens is 2. The highest BCUT2D eigenvalue weighted by molar-refractivity contribution is 5.66. The van der Waals surface area contributed by atoms with Crippen LogP contribution in [0.2, 0.25) is 0 Å². The van der Waals surface area contributed by atoms with E-state index in [-0.39, 0.29) is 29.9 Å². The molecule has 9 heteroatoms. The summed E-state index contributed by atoms with van der Waals surface area (Å²) in [5.41, 5.74) is 1.12. The van der Waals surface area contributed by atoms with Crippen LogP contribution in [0, 0.1) is 10.1 Å². The molecule has 2 heterocycles. The van der Waals surface area contributed by atoms with Gasteiger partial charge in [0, 0.05) is 6.07 Å². The van der Waals surface area contributed by atoms with Gasteiger partial charge in [0.2, 0.25) is 12.7 Å². The van der Waals surface area contributed by atoms with E-state index in [1.54, 1.807) is 23.1 Å². The Morgan fingerprint density at radius 1 is 1.07 bits per heavy atom. The summed E-state index contributed by atoms with van der Waals surface area (Å²) < 4.78 is 16.3. The van der Waals surface area contributed by atoms with Gasteiger partial charge in [-0.1, -0.05) is 47.6 Å². The summed E-state index contributed by atoms with van der Waals surface area (Å²) in [6.07, 6.45) is 1.46. The zero-order valence-electron chi connectivity index (χ0n) is 14.0. The minimum atomic E-state index is -0.489. The first-order chi connectivity index (χ1) is 13.2. The van der Waals surface area contributed by atoms with E-state index in [2.05, 4.69) is 10.2 Å². The van der Waals surface area contributed by atoms with Crippen molar-refractivity contribution in [3.63, 3.8) is 0 Å². The molecule has 0 saturated heterocycles. The van der Waals surface area contributed by atoms with Crippen molar-refractivity contribution in [3.8, 4) is 11.5 Å². The lowest BCUT2D eigenvalue weighted by atomic mass is 10.2. The standard InChI is InChI=1S/C18H14N4O5/c23-22(24)15-9-5-4-8-14(15)17-19-20-18(27-17)21(16-11-25-12-26-16)10-13-6-2-1-3-7-13/h1-9,11H,10,12H2. The topological polar surface area (TPSA) is 104 Å². The van der Waals surface area contributed by atoms with Gasteiger partial charge in [-0.15, -0.1) is 5.10 Å². The number of hydrogen-bond acceptors (Lipinski definition) is 8. The molecule has 27 heavy (non-hydrogen) atoms. The normalized spacial score (nSPS) is 12.8. The lowest BCUT2D eigenvalue weighted by Gasteiger charge is -2.19. The van der Waals surface area contributed by atoms with E-state index in [0.717, 1.165) is 5.56 Å². The van der Waals surface area contributed by atoms with Crippen LogP contribution in [0.15, 0.2) is 71.2 Å². The maximum Gasteiger partial charge on any atom is 0.325 e.